The maximum Gasteiger partial charge on any atom is 0.216 e. The van der Waals surface area contributed by atoms with Gasteiger partial charge in [0.25, 0.3) is 0 Å². The largest absolute Gasteiger partial charge is 0.481 e. The molecule has 0 saturated carbocycles. The molecule has 20 heavy (non-hydrogen) atoms. The summed E-state index contributed by atoms with van der Waals surface area (Å²) in [4.78, 5) is 16.1. The van der Waals surface area contributed by atoms with E-state index < -0.39 is 0 Å². The number of nitrogens with zero attached hydrogens (tertiary/aromatic N) is 3. The SMILES string of the molecule is COc1cc(-c2nc(=S)c3c([nH]2)CCCCC3)ncn1. The molecule has 0 bridgehead atoms. The van der Waals surface area contributed by atoms with Gasteiger partial charge in [-0.3, -0.25) is 0 Å². The highest BCUT2D eigenvalue weighted by atomic mass is 32.1. The van der Waals surface area contributed by atoms with Crippen LogP contribution in [0.5, 0.6) is 5.88 Å². The summed E-state index contributed by atoms with van der Waals surface area (Å²) in [6.07, 6.45) is 7.13. The summed E-state index contributed by atoms with van der Waals surface area (Å²) < 4.78 is 5.81. The quantitative estimate of drug-likeness (QED) is 0.680. The Hall–Kier alpha value is -1.82. The van der Waals surface area contributed by atoms with Gasteiger partial charge in [0.15, 0.2) is 5.82 Å². The molecule has 0 atom stereocenters. The van der Waals surface area contributed by atoms with Gasteiger partial charge in [-0.15, -0.1) is 0 Å². The van der Waals surface area contributed by atoms with Gasteiger partial charge in [0.1, 0.15) is 16.7 Å². The number of rotatable bonds is 2. The predicted octanol–water partition coefficient (Wildman–Crippen LogP) is 2.87. The number of aromatic nitrogens is 4. The summed E-state index contributed by atoms with van der Waals surface area (Å²) >= 11 is 5.44. The van der Waals surface area contributed by atoms with Crippen LogP contribution in [-0.2, 0) is 12.8 Å². The molecule has 1 aliphatic rings. The van der Waals surface area contributed by atoms with Crippen molar-refractivity contribution in [1.29, 1.82) is 0 Å². The molecule has 0 spiro atoms. The molecule has 2 aromatic rings. The third kappa shape index (κ3) is 2.56. The van der Waals surface area contributed by atoms with Crippen LogP contribution < -0.4 is 4.74 Å². The van der Waals surface area contributed by atoms with Gasteiger partial charge in [0, 0.05) is 17.3 Å². The van der Waals surface area contributed by atoms with Crippen molar-refractivity contribution in [2.75, 3.05) is 7.11 Å². The summed E-state index contributed by atoms with van der Waals surface area (Å²) in [7, 11) is 1.58. The molecule has 2 aromatic heterocycles. The Kier molecular flexibility index (Phi) is 3.73. The van der Waals surface area contributed by atoms with Crippen molar-refractivity contribution in [3.63, 3.8) is 0 Å². The van der Waals surface area contributed by atoms with Crippen LogP contribution in [0, 0.1) is 4.64 Å². The maximum absolute atomic E-state index is 5.44. The van der Waals surface area contributed by atoms with E-state index in [1.54, 1.807) is 13.2 Å². The number of aryl methyl sites for hydroxylation is 1. The van der Waals surface area contributed by atoms with E-state index in [0.717, 1.165) is 12.8 Å². The number of nitrogens with one attached hydrogen (secondary N) is 1. The summed E-state index contributed by atoms with van der Waals surface area (Å²) in [5.74, 6) is 1.21. The van der Waals surface area contributed by atoms with E-state index in [-0.39, 0.29) is 0 Å². The smallest absolute Gasteiger partial charge is 0.216 e. The highest BCUT2D eigenvalue weighted by Crippen LogP contribution is 2.23. The van der Waals surface area contributed by atoms with E-state index >= 15 is 0 Å². The Balaban J connectivity index is 2.08. The molecule has 2 heterocycles. The van der Waals surface area contributed by atoms with Crippen molar-refractivity contribution in [2.45, 2.75) is 32.1 Å². The Morgan fingerprint density at radius 2 is 2.05 bits per heavy atom. The van der Waals surface area contributed by atoms with Crippen LogP contribution in [0.2, 0.25) is 0 Å². The Bertz CT molecular complexity index is 683. The average Bonchev–Trinajstić information content (AvgIpc) is 2.73. The average molecular weight is 288 g/mol. The lowest BCUT2D eigenvalue weighted by Crippen LogP contribution is -2.03. The van der Waals surface area contributed by atoms with E-state index in [0.29, 0.717) is 22.0 Å². The van der Waals surface area contributed by atoms with Gasteiger partial charge in [-0.1, -0.05) is 18.6 Å². The van der Waals surface area contributed by atoms with Crippen LogP contribution in [0.25, 0.3) is 11.5 Å². The molecule has 104 valence electrons. The Labute approximate surface area is 122 Å². The van der Waals surface area contributed by atoms with Gasteiger partial charge in [0.2, 0.25) is 5.88 Å². The molecule has 6 heteroatoms. The summed E-state index contributed by atoms with van der Waals surface area (Å²) in [5.41, 5.74) is 3.10. The first kappa shape index (κ1) is 13.2. The minimum absolute atomic E-state index is 0.520. The highest BCUT2D eigenvalue weighted by Gasteiger charge is 2.14. The van der Waals surface area contributed by atoms with Crippen molar-refractivity contribution in [1.82, 2.24) is 19.9 Å². The molecular formula is C14H16N4OS. The van der Waals surface area contributed by atoms with Gasteiger partial charge in [-0.2, -0.15) is 0 Å². The molecule has 0 aliphatic heterocycles. The number of H-pyrrole nitrogens is 1. The van der Waals surface area contributed by atoms with Crippen LogP contribution >= 0.6 is 12.2 Å². The predicted molar refractivity (Wildman–Crippen MR) is 78.3 cm³/mol. The first-order valence-corrected chi connectivity index (χ1v) is 7.17. The standard InChI is InChI=1S/C14H16N4OS/c1-19-12-7-11(15-8-16-12)13-17-10-6-4-2-3-5-9(10)14(20)18-13/h7-8H,2-6H2,1H3,(H,17,18,20). The molecular weight excluding hydrogens is 272 g/mol. The fourth-order valence-corrected chi connectivity index (χ4v) is 2.81. The lowest BCUT2D eigenvalue weighted by atomic mass is 10.1. The zero-order valence-electron chi connectivity index (χ0n) is 11.3. The number of methoxy groups -OCH3 is 1. The van der Waals surface area contributed by atoms with E-state index in [1.165, 1.54) is 36.8 Å². The Morgan fingerprint density at radius 3 is 2.90 bits per heavy atom. The minimum Gasteiger partial charge on any atom is -0.481 e. The summed E-state index contributed by atoms with van der Waals surface area (Å²) in [6, 6.07) is 1.76. The van der Waals surface area contributed by atoms with E-state index in [1.807, 2.05) is 0 Å². The molecule has 0 radical (unpaired) electrons. The number of ether oxygens (including phenoxy) is 1. The first-order chi connectivity index (χ1) is 9.78. The number of hydrogen-bond acceptors (Lipinski definition) is 5. The van der Waals surface area contributed by atoms with Gasteiger partial charge < -0.3 is 9.72 Å². The molecule has 0 unspecified atom stereocenters. The molecule has 1 aliphatic carbocycles. The summed E-state index contributed by atoms with van der Waals surface area (Å²) in [6.45, 7) is 0. The third-order valence-corrected chi connectivity index (χ3v) is 3.89. The van der Waals surface area contributed by atoms with Gasteiger partial charge in [-0.25, -0.2) is 15.0 Å². The zero-order chi connectivity index (χ0) is 13.9. The second-order valence-electron chi connectivity index (χ2n) is 4.85. The molecule has 0 fully saturated rings. The number of hydrogen-bond donors (Lipinski definition) is 1. The molecule has 0 amide bonds. The van der Waals surface area contributed by atoms with Crippen molar-refractivity contribution in [3.8, 4) is 17.4 Å². The third-order valence-electron chi connectivity index (χ3n) is 3.55. The molecule has 0 aromatic carbocycles. The normalized spacial score (nSPS) is 14.4. The van der Waals surface area contributed by atoms with E-state index in [9.17, 15) is 0 Å². The highest BCUT2D eigenvalue weighted by molar-refractivity contribution is 7.71. The van der Waals surface area contributed by atoms with Crippen LogP contribution in [0.4, 0.5) is 0 Å². The van der Waals surface area contributed by atoms with Crippen LogP contribution in [-0.4, -0.2) is 27.0 Å². The molecule has 0 saturated heterocycles. The van der Waals surface area contributed by atoms with Crippen molar-refractivity contribution >= 4 is 12.2 Å². The number of aromatic amines is 1. The maximum atomic E-state index is 5.44. The van der Waals surface area contributed by atoms with Crippen LogP contribution in [0.15, 0.2) is 12.4 Å². The molecule has 5 nitrogen and oxygen atoms in total. The molecule has 3 rings (SSSR count). The monoisotopic (exact) mass is 288 g/mol. The first-order valence-electron chi connectivity index (χ1n) is 6.76. The molecule has 1 N–H and O–H groups in total. The fourth-order valence-electron chi connectivity index (χ4n) is 2.50. The van der Waals surface area contributed by atoms with Gasteiger partial charge in [-0.05, 0) is 25.7 Å². The zero-order valence-corrected chi connectivity index (χ0v) is 12.2. The second-order valence-corrected chi connectivity index (χ2v) is 5.24. The van der Waals surface area contributed by atoms with Crippen molar-refractivity contribution < 1.29 is 4.74 Å². The van der Waals surface area contributed by atoms with E-state index in [4.69, 9.17) is 17.0 Å². The van der Waals surface area contributed by atoms with Gasteiger partial charge >= 0.3 is 0 Å². The van der Waals surface area contributed by atoms with Crippen molar-refractivity contribution in [2.24, 2.45) is 0 Å². The summed E-state index contributed by atoms with van der Waals surface area (Å²) in [5, 5.41) is 0. The lowest BCUT2D eigenvalue weighted by molar-refractivity contribution is 0.397. The van der Waals surface area contributed by atoms with Crippen molar-refractivity contribution in [3.05, 3.63) is 28.3 Å². The van der Waals surface area contributed by atoms with Crippen LogP contribution in [0.1, 0.15) is 30.5 Å². The lowest BCUT2D eigenvalue weighted by Gasteiger charge is -2.09. The second kappa shape index (κ2) is 5.66. The van der Waals surface area contributed by atoms with Gasteiger partial charge in [0.05, 0.1) is 7.11 Å². The topological polar surface area (TPSA) is 63.7 Å². The number of fused-ring (bicyclic) bond motifs is 1. The Morgan fingerprint density at radius 1 is 1.20 bits per heavy atom. The minimum atomic E-state index is 0.520. The van der Waals surface area contributed by atoms with Crippen LogP contribution in [0.3, 0.4) is 0 Å². The van der Waals surface area contributed by atoms with E-state index in [2.05, 4.69) is 19.9 Å². The fraction of sp³-hybridized carbons (Fsp3) is 0.429.